The number of urea groups is 1. The minimum atomic E-state index is -4.15. The lowest BCUT2D eigenvalue weighted by Crippen LogP contribution is -2.49. The van der Waals surface area contributed by atoms with Crippen molar-refractivity contribution in [3.05, 3.63) is 71.6 Å². The number of carbonyl (C=O) groups excluding carboxylic acids is 1. The molecule has 1 N–H and O–H groups in total. The van der Waals surface area contributed by atoms with Gasteiger partial charge in [-0.2, -0.15) is 0 Å². The first-order valence-corrected chi connectivity index (χ1v) is 15.6. The minimum Gasteiger partial charge on any atom is -0.493 e. The van der Waals surface area contributed by atoms with Crippen LogP contribution in [0, 0.1) is 11.6 Å². The van der Waals surface area contributed by atoms with Crippen LogP contribution in [-0.4, -0.2) is 87.1 Å². The Morgan fingerprint density at radius 2 is 1.67 bits per heavy atom. The SMILES string of the molecule is COc1cc(OC)c(F)c(N2Cc3cnc4c(cc(CN5CCOCC5)n4S(=O)(=O)c4ccccc4)c3N(CCO)C2=O)c1F. The molecule has 0 spiro atoms. The van der Waals surface area contributed by atoms with E-state index in [0.717, 1.165) is 11.0 Å². The Hall–Kier alpha value is -4.31. The minimum absolute atomic E-state index is 0.0534. The van der Waals surface area contributed by atoms with E-state index in [1.165, 1.54) is 41.4 Å². The summed E-state index contributed by atoms with van der Waals surface area (Å²) in [6, 6.07) is 9.80. The van der Waals surface area contributed by atoms with Gasteiger partial charge in [0.25, 0.3) is 10.0 Å². The number of methoxy groups -OCH3 is 2. The lowest BCUT2D eigenvalue weighted by atomic mass is 10.1. The van der Waals surface area contributed by atoms with E-state index in [0.29, 0.717) is 42.9 Å². The molecule has 4 heterocycles. The van der Waals surface area contributed by atoms with Crippen LogP contribution in [0.1, 0.15) is 11.3 Å². The average Bonchev–Trinajstić information content (AvgIpc) is 3.42. The number of β-amino-alcohol motifs (C(OH)–C–C–N with tert-alkyl or cyclic N) is 1. The Balaban J connectivity index is 1.56. The molecule has 0 unspecified atom stereocenters. The molecule has 1 fully saturated rings. The van der Waals surface area contributed by atoms with Crippen LogP contribution in [0.5, 0.6) is 11.5 Å². The third kappa shape index (κ3) is 5.24. The number of hydrogen-bond acceptors (Lipinski definition) is 9. The Kier molecular flexibility index (Phi) is 8.35. The van der Waals surface area contributed by atoms with Gasteiger partial charge in [-0.1, -0.05) is 18.2 Å². The molecule has 45 heavy (non-hydrogen) atoms. The van der Waals surface area contributed by atoms with Crippen molar-refractivity contribution in [3.63, 3.8) is 0 Å². The summed E-state index contributed by atoms with van der Waals surface area (Å²) in [5, 5.41) is 10.3. The highest BCUT2D eigenvalue weighted by atomic mass is 32.2. The quantitative estimate of drug-likeness (QED) is 0.292. The first kappa shape index (κ1) is 30.7. The second-order valence-corrected chi connectivity index (χ2v) is 12.3. The maximum Gasteiger partial charge on any atom is 0.329 e. The van der Waals surface area contributed by atoms with Crippen LogP contribution < -0.4 is 19.3 Å². The predicted octanol–water partition coefficient (Wildman–Crippen LogP) is 3.34. The number of aliphatic hydroxyl groups is 1. The van der Waals surface area contributed by atoms with Crippen molar-refractivity contribution in [2.75, 3.05) is 63.5 Å². The highest BCUT2D eigenvalue weighted by Crippen LogP contribution is 2.43. The first-order chi connectivity index (χ1) is 21.7. The van der Waals surface area contributed by atoms with Gasteiger partial charge in [-0.25, -0.2) is 30.9 Å². The number of ether oxygens (including phenoxy) is 3. The number of fused-ring (bicyclic) bond motifs is 3. The van der Waals surface area contributed by atoms with Crippen LogP contribution in [0.25, 0.3) is 11.0 Å². The Labute approximate surface area is 258 Å². The molecule has 0 bridgehead atoms. The molecule has 2 aromatic carbocycles. The first-order valence-electron chi connectivity index (χ1n) is 14.1. The highest BCUT2D eigenvalue weighted by molar-refractivity contribution is 7.90. The summed E-state index contributed by atoms with van der Waals surface area (Å²) >= 11 is 0. The standard InChI is InChI=1S/C30H31F2N5O7S/c1-42-23-15-24(43-2)26(32)28(25(23)31)36-17-19-16-33-29-22(27(19)35(8-11-38)30(36)39)14-20(18-34-9-12-44-13-10-34)37(29)45(40,41)21-6-4-3-5-7-21/h3-7,14-16,38H,8-13,17-18H2,1-2H3. The van der Waals surface area contributed by atoms with Gasteiger partial charge in [-0.05, 0) is 18.2 Å². The number of amides is 2. The molecule has 0 radical (unpaired) electrons. The molecule has 2 aliphatic heterocycles. The van der Waals surface area contributed by atoms with E-state index < -0.39 is 40.0 Å². The summed E-state index contributed by atoms with van der Waals surface area (Å²) in [6.45, 7) is 1.37. The van der Waals surface area contributed by atoms with Crippen molar-refractivity contribution in [3.8, 4) is 11.5 Å². The molecule has 2 amide bonds. The van der Waals surface area contributed by atoms with E-state index in [1.54, 1.807) is 24.3 Å². The molecule has 0 atom stereocenters. The molecule has 2 aliphatic rings. The topological polar surface area (TPSA) is 127 Å². The Bertz CT molecular complexity index is 1840. The van der Waals surface area contributed by atoms with E-state index in [4.69, 9.17) is 14.2 Å². The molecule has 0 saturated carbocycles. The monoisotopic (exact) mass is 643 g/mol. The fourth-order valence-corrected chi connectivity index (χ4v) is 7.28. The fraction of sp³-hybridized carbons (Fsp3) is 0.333. The zero-order valence-corrected chi connectivity index (χ0v) is 25.4. The molecule has 1 saturated heterocycles. The smallest absolute Gasteiger partial charge is 0.329 e. The van der Waals surface area contributed by atoms with Crippen LogP contribution in [0.2, 0.25) is 0 Å². The van der Waals surface area contributed by atoms with Crippen molar-refractivity contribution in [1.82, 2.24) is 13.9 Å². The van der Waals surface area contributed by atoms with Gasteiger partial charge in [0.05, 0.1) is 63.4 Å². The van der Waals surface area contributed by atoms with E-state index >= 15 is 8.78 Å². The van der Waals surface area contributed by atoms with Crippen LogP contribution in [-0.2, 0) is 27.8 Å². The molecular weight excluding hydrogens is 612 g/mol. The summed E-state index contributed by atoms with van der Waals surface area (Å²) in [5.41, 5.74) is 0.456. The third-order valence-electron chi connectivity index (χ3n) is 7.88. The van der Waals surface area contributed by atoms with Gasteiger partial charge in [0.2, 0.25) is 0 Å². The summed E-state index contributed by atoms with van der Waals surface area (Å²) in [6.07, 6.45) is 1.38. The second kappa shape index (κ2) is 12.2. The number of pyridine rings is 1. The molecule has 6 rings (SSSR count). The lowest BCUT2D eigenvalue weighted by molar-refractivity contribution is 0.0336. The second-order valence-electron chi connectivity index (χ2n) is 10.5. The Morgan fingerprint density at radius 1 is 1.00 bits per heavy atom. The molecule has 2 aromatic heterocycles. The van der Waals surface area contributed by atoms with Gasteiger partial charge in [-0.15, -0.1) is 0 Å². The van der Waals surface area contributed by atoms with Crippen LogP contribution >= 0.6 is 0 Å². The number of carbonyl (C=O) groups is 1. The van der Waals surface area contributed by atoms with Gasteiger partial charge < -0.3 is 19.3 Å². The lowest BCUT2D eigenvalue weighted by Gasteiger charge is -2.37. The summed E-state index contributed by atoms with van der Waals surface area (Å²) in [4.78, 5) is 22.7. The number of nitrogens with zero attached hydrogens (tertiary/aromatic N) is 5. The molecule has 15 heteroatoms. The van der Waals surface area contributed by atoms with Gasteiger partial charge in [-0.3, -0.25) is 14.7 Å². The zero-order valence-electron chi connectivity index (χ0n) is 24.6. The summed E-state index contributed by atoms with van der Waals surface area (Å²) < 4.78 is 76.0. The van der Waals surface area contributed by atoms with Crippen molar-refractivity contribution in [2.24, 2.45) is 0 Å². The van der Waals surface area contributed by atoms with E-state index in [9.17, 15) is 18.3 Å². The van der Waals surface area contributed by atoms with Gasteiger partial charge >= 0.3 is 6.03 Å². The van der Waals surface area contributed by atoms with Crippen LogP contribution in [0.15, 0.2) is 53.6 Å². The molecular formula is C30H31F2N5O7S. The van der Waals surface area contributed by atoms with Crippen molar-refractivity contribution in [1.29, 1.82) is 0 Å². The molecule has 4 aromatic rings. The fourth-order valence-electron chi connectivity index (χ4n) is 5.77. The van der Waals surface area contributed by atoms with Gasteiger partial charge in [0, 0.05) is 42.8 Å². The highest BCUT2D eigenvalue weighted by Gasteiger charge is 2.39. The zero-order chi connectivity index (χ0) is 31.9. The number of aliphatic hydroxyl groups excluding tert-OH is 1. The molecule has 12 nitrogen and oxygen atoms in total. The number of halogens is 2. The number of morpholine rings is 1. The predicted molar refractivity (Wildman–Crippen MR) is 160 cm³/mol. The number of aromatic nitrogens is 2. The number of benzene rings is 2. The van der Waals surface area contributed by atoms with Crippen molar-refractivity contribution in [2.45, 2.75) is 18.0 Å². The average molecular weight is 644 g/mol. The number of rotatable bonds is 9. The summed E-state index contributed by atoms with van der Waals surface area (Å²) in [5.74, 6) is -2.89. The molecule has 238 valence electrons. The third-order valence-corrected chi connectivity index (χ3v) is 9.64. The van der Waals surface area contributed by atoms with E-state index in [-0.39, 0.29) is 47.4 Å². The maximum absolute atomic E-state index is 15.5. The normalized spacial score (nSPS) is 15.9. The van der Waals surface area contributed by atoms with E-state index in [2.05, 4.69) is 9.88 Å². The summed E-state index contributed by atoms with van der Waals surface area (Å²) in [7, 11) is -1.74. The Morgan fingerprint density at radius 3 is 2.29 bits per heavy atom. The van der Waals surface area contributed by atoms with Crippen LogP contribution in [0.3, 0.4) is 0 Å². The van der Waals surface area contributed by atoms with E-state index in [1.807, 2.05) is 0 Å². The number of anilines is 2. The van der Waals surface area contributed by atoms with Crippen LogP contribution in [0.4, 0.5) is 25.0 Å². The van der Waals surface area contributed by atoms with Gasteiger partial charge in [0.1, 0.15) is 5.69 Å². The largest absolute Gasteiger partial charge is 0.493 e. The van der Waals surface area contributed by atoms with Gasteiger partial charge in [0.15, 0.2) is 28.8 Å². The number of hydrogen-bond donors (Lipinski definition) is 1. The van der Waals surface area contributed by atoms with Crippen molar-refractivity contribution < 1.29 is 41.3 Å². The van der Waals surface area contributed by atoms with Crippen molar-refractivity contribution >= 4 is 38.5 Å². The molecule has 0 aliphatic carbocycles. The maximum atomic E-state index is 15.5.